The highest BCUT2D eigenvalue weighted by Crippen LogP contribution is 2.35. The Bertz CT molecular complexity index is 1250. The summed E-state index contributed by atoms with van der Waals surface area (Å²) >= 11 is 3.05. The van der Waals surface area contributed by atoms with Gasteiger partial charge in [-0.3, -0.25) is 0 Å². The van der Waals surface area contributed by atoms with E-state index in [0.29, 0.717) is 11.5 Å². The van der Waals surface area contributed by atoms with Gasteiger partial charge in [0.1, 0.15) is 28.2 Å². The molecule has 0 aliphatic carbocycles. The van der Waals surface area contributed by atoms with E-state index in [9.17, 15) is 30.4 Å². The topological polar surface area (TPSA) is 72.0 Å². The van der Waals surface area contributed by atoms with Crippen molar-refractivity contribution in [2.75, 3.05) is 5.32 Å². The first-order valence-electron chi connectivity index (χ1n) is 8.32. The highest BCUT2D eigenvalue weighted by molar-refractivity contribution is 9.10. The Hall–Kier alpha value is -2.34. The monoisotopic (exact) mass is 509 g/mol. The van der Waals surface area contributed by atoms with Gasteiger partial charge in [0.05, 0.1) is 16.0 Å². The highest BCUT2D eigenvalue weighted by atomic mass is 79.9. The second-order valence-electron chi connectivity index (χ2n) is 6.38. The Morgan fingerprint density at radius 2 is 1.80 bits per heavy atom. The first-order chi connectivity index (χ1) is 13.8. The van der Waals surface area contributed by atoms with Crippen molar-refractivity contribution < 1.29 is 30.4 Å². The summed E-state index contributed by atoms with van der Waals surface area (Å²) in [4.78, 5) is 6.85. The van der Waals surface area contributed by atoms with Crippen molar-refractivity contribution >= 4 is 42.5 Å². The molecule has 0 bridgehead atoms. The van der Waals surface area contributed by atoms with Crippen LogP contribution in [0.1, 0.15) is 24.4 Å². The van der Waals surface area contributed by atoms with Crippen molar-refractivity contribution in [3.05, 3.63) is 57.8 Å². The summed E-state index contributed by atoms with van der Waals surface area (Å²) in [6.45, 7) is 2.97. The van der Waals surface area contributed by atoms with Crippen LogP contribution in [0.5, 0.6) is 0 Å². The van der Waals surface area contributed by atoms with Crippen LogP contribution < -0.4 is 5.32 Å². The zero-order chi connectivity index (χ0) is 22.4. The average Bonchev–Trinajstić information content (AvgIpc) is 2.62. The molecule has 0 aliphatic heterocycles. The Labute approximate surface area is 176 Å². The molecule has 1 aromatic heterocycles. The molecule has 1 heterocycles. The molecular weight excluding hydrogens is 497 g/mol. The lowest BCUT2D eigenvalue weighted by molar-refractivity contribution is -0.0437. The van der Waals surface area contributed by atoms with Gasteiger partial charge >= 0.3 is 5.51 Å². The van der Waals surface area contributed by atoms with E-state index in [1.54, 1.807) is 6.92 Å². The van der Waals surface area contributed by atoms with Crippen LogP contribution in [-0.2, 0) is 9.84 Å². The van der Waals surface area contributed by atoms with E-state index >= 15 is 0 Å². The maximum absolute atomic E-state index is 14.8. The molecule has 0 fully saturated rings. The summed E-state index contributed by atoms with van der Waals surface area (Å²) in [5.74, 6) is -1.63. The van der Waals surface area contributed by atoms with Crippen molar-refractivity contribution in [3.63, 3.8) is 0 Å². The first kappa shape index (κ1) is 22.3. The zero-order valence-electron chi connectivity index (χ0n) is 15.4. The maximum Gasteiger partial charge on any atom is 0.502 e. The first-order valence-corrected chi connectivity index (χ1v) is 10.6. The fourth-order valence-electron chi connectivity index (χ4n) is 2.83. The van der Waals surface area contributed by atoms with Gasteiger partial charge in [-0.15, -0.1) is 0 Å². The third-order valence-electron chi connectivity index (χ3n) is 4.26. The van der Waals surface area contributed by atoms with E-state index in [4.69, 9.17) is 0 Å². The molecule has 30 heavy (non-hydrogen) atoms. The minimum atomic E-state index is -5.86. The van der Waals surface area contributed by atoms with Gasteiger partial charge < -0.3 is 5.32 Å². The van der Waals surface area contributed by atoms with Crippen LogP contribution in [0.15, 0.2) is 39.7 Å². The lowest BCUT2D eigenvalue weighted by atomic mass is 10.1. The van der Waals surface area contributed by atoms with Crippen molar-refractivity contribution in [1.82, 2.24) is 9.97 Å². The third-order valence-corrected chi connectivity index (χ3v) is 6.37. The second kappa shape index (κ2) is 7.73. The Kier molecular flexibility index (Phi) is 5.76. The molecule has 5 nitrogen and oxygen atoms in total. The summed E-state index contributed by atoms with van der Waals surface area (Å²) in [5, 5.41) is 3.21. The predicted molar refractivity (Wildman–Crippen MR) is 104 cm³/mol. The number of halogens is 6. The lowest BCUT2D eigenvalue weighted by Gasteiger charge is -2.19. The number of benzene rings is 2. The molecule has 0 amide bonds. The largest absolute Gasteiger partial charge is 0.502 e. The number of fused-ring (bicyclic) bond motifs is 1. The number of aryl methyl sites for hydroxylation is 1. The van der Waals surface area contributed by atoms with E-state index in [2.05, 4.69) is 31.2 Å². The molecule has 3 aromatic rings. The smallest absolute Gasteiger partial charge is 0.363 e. The van der Waals surface area contributed by atoms with Crippen molar-refractivity contribution in [2.24, 2.45) is 0 Å². The molecule has 12 heteroatoms. The summed E-state index contributed by atoms with van der Waals surface area (Å²) in [6.07, 6.45) is 0. The van der Waals surface area contributed by atoms with Crippen LogP contribution in [0.3, 0.4) is 0 Å². The van der Waals surface area contributed by atoms with Crippen molar-refractivity contribution in [1.29, 1.82) is 0 Å². The van der Waals surface area contributed by atoms with Crippen LogP contribution in [-0.4, -0.2) is 23.9 Å². The number of sulfone groups is 1. The normalized spacial score (nSPS) is 13.5. The molecule has 1 unspecified atom stereocenters. The summed E-state index contributed by atoms with van der Waals surface area (Å²) < 4.78 is 90.5. The van der Waals surface area contributed by atoms with Crippen LogP contribution in [0, 0.1) is 18.6 Å². The minimum absolute atomic E-state index is 0.127. The Morgan fingerprint density at radius 3 is 2.43 bits per heavy atom. The van der Waals surface area contributed by atoms with Gasteiger partial charge in [-0.05, 0) is 41.9 Å². The molecule has 0 radical (unpaired) electrons. The number of hydrogen-bond acceptors (Lipinski definition) is 5. The van der Waals surface area contributed by atoms with Gasteiger partial charge in [-0.2, -0.15) is 13.2 Å². The molecular formula is C18H13BrF5N3O2S. The van der Waals surface area contributed by atoms with Gasteiger partial charge in [0.2, 0.25) is 0 Å². The predicted octanol–water partition coefficient (Wildman–Crippen LogP) is 5.45. The number of hydrogen-bond donors (Lipinski definition) is 1. The van der Waals surface area contributed by atoms with E-state index in [-0.39, 0.29) is 27.2 Å². The van der Waals surface area contributed by atoms with Gasteiger partial charge in [0.25, 0.3) is 9.84 Å². The van der Waals surface area contributed by atoms with Gasteiger partial charge in [0.15, 0.2) is 0 Å². The molecule has 1 atom stereocenters. The molecule has 160 valence electrons. The molecule has 0 saturated carbocycles. The summed E-state index contributed by atoms with van der Waals surface area (Å²) in [5.41, 5.74) is -5.70. The average molecular weight is 510 g/mol. The molecule has 0 aliphatic rings. The highest BCUT2D eigenvalue weighted by Gasteiger charge is 2.48. The standard InChI is InChI=1S/C18H13BrF5N3O2S/c1-8(10-4-3-5-15(16(10)21)30(28,29)18(22,23)24)25-17-11-6-12(19)13(20)7-14(11)26-9(2)27-17/h3-8H,1-2H3,(H,25,26,27). The van der Waals surface area contributed by atoms with E-state index < -0.39 is 37.9 Å². The lowest BCUT2D eigenvalue weighted by Crippen LogP contribution is -2.25. The number of nitrogens with one attached hydrogen (secondary N) is 1. The number of alkyl halides is 3. The molecule has 2 aromatic carbocycles. The molecule has 0 spiro atoms. The van der Waals surface area contributed by atoms with E-state index in [1.807, 2.05) is 0 Å². The van der Waals surface area contributed by atoms with E-state index in [0.717, 1.165) is 12.1 Å². The maximum atomic E-state index is 14.8. The number of rotatable bonds is 4. The second-order valence-corrected chi connectivity index (χ2v) is 9.14. The SMILES string of the molecule is Cc1nc(NC(C)c2cccc(S(=O)(=O)C(F)(F)F)c2F)c2cc(Br)c(F)cc2n1. The number of nitrogens with zero attached hydrogens (tertiary/aromatic N) is 2. The van der Waals surface area contributed by atoms with Gasteiger partial charge in [-0.25, -0.2) is 27.2 Å². The number of anilines is 1. The summed E-state index contributed by atoms with van der Waals surface area (Å²) in [7, 11) is -5.86. The van der Waals surface area contributed by atoms with Gasteiger partial charge in [-0.1, -0.05) is 12.1 Å². The van der Waals surface area contributed by atoms with Crippen LogP contribution in [0.2, 0.25) is 0 Å². The zero-order valence-corrected chi connectivity index (χ0v) is 17.8. The van der Waals surface area contributed by atoms with Crippen LogP contribution in [0.4, 0.5) is 27.8 Å². The van der Waals surface area contributed by atoms with Crippen LogP contribution in [0.25, 0.3) is 10.9 Å². The minimum Gasteiger partial charge on any atom is -0.363 e. The fourth-order valence-corrected chi connectivity index (χ4v) is 4.03. The van der Waals surface area contributed by atoms with Crippen molar-refractivity contribution in [2.45, 2.75) is 30.3 Å². The third kappa shape index (κ3) is 3.97. The Morgan fingerprint density at radius 1 is 1.13 bits per heavy atom. The van der Waals surface area contributed by atoms with Crippen molar-refractivity contribution in [3.8, 4) is 0 Å². The molecule has 0 saturated heterocycles. The number of aromatic nitrogens is 2. The summed E-state index contributed by atoms with van der Waals surface area (Å²) in [6, 6.07) is 4.33. The van der Waals surface area contributed by atoms with Gasteiger partial charge in [0, 0.05) is 17.0 Å². The quantitative estimate of drug-likeness (QED) is 0.473. The molecule has 1 N–H and O–H groups in total. The molecule has 3 rings (SSSR count). The van der Waals surface area contributed by atoms with E-state index in [1.165, 1.54) is 19.1 Å². The van der Waals surface area contributed by atoms with Crippen LogP contribution >= 0.6 is 15.9 Å². The Balaban J connectivity index is 2.07. The fraction of sp³-hybridized carbons (Fsp3) is 0.222.